The molecule has 2 rings (SSSR count). The van der Waals surface area contributed by atoms with Crippen molar-refractivity contribution < 1.29 is 21.2 Å². The summed E-state index contributed by atoms with van der Waals surface area (Å²) in [5.74, 6) is -0.187. The van der Waals surface area contributed by atoms with Gasteiger partial charge in [0, 0.05) is 40.9 Å². The summed E-state index contributed by atoms with van der Waals surface area (Å²) in [5, 5.41) is 0.970. The van der Waals surface area contributed by atoms with Crippen LogP contribution in [0.4, 0.5) is 4.39 Å². The second-order valence-electron chi connectivity index (χ2n) is 3.18. The molecule has 1 aromatic heterocycles. The van der Waals surface area contributed by atoms with Crippen molar-refractivity contribution in [2.24, 2.45) is 7.05 Å². The van der Waals surface area contributed by atoms with Gasteiger partial charge in [-0.05, 0) is 18.2 Å². The molecule has 0 spiro atoms. The number of aromatic nitrogens is 1. The fourth-order valence-electron chi connectivity index (χ4n) is 1.65. The van der Waals surface area contributed by atoms with Gasteiger partial charge in [0.05, 0.1) is 0 Å². The van der Waals surface area contributed by atoms with Crippen molar-refractivity contribution in [2.75, 3.05) is 0 Å². The predicted octanol–water partition coefficient (Wildman–Crippen LogP) is 2.69. The Bertz CT molecular complexity index is 448. The molecule has 77 valence electrons. The van der Waals surface area contributed by atoms with Crippen LogP contribution < -0.4 is 0 Å². The van der Waals surface area contributed by atoms with Crippen molar-refractivity contribution >= 4 is 10.9 Å². The molecular formula is C11H11CoFN-. The molecule has 1 heterocycles. The Hall–Kier alpha value is -0.804. The second-order valence-corrected chi connectivity index (χ2v) is 3.18. The van der Waals surface area contributed by atoms with Crippen LogP contribution >= 0.6 is 0 Å². The van der Waals surface area contributed by atoms with E-state index in [0.29, 0.717) is 6.42 Å². The van der Waals surface area contributed by atoms with E-state index >= 15 is 0 Å². The first-order valence-electron chi connectivity index (χ1n) is 4.25. The Morgan fingerprint density at radius 2 is 2.14 bits per heavy atom. The average molecular weight is 235 g/mol. The molecule has 0 fully saturated rings. The van der Waals surface area contributed by atoms with Crippen molar-refractivity contribution in [3.05, 3.63) is 42.7 Å². The van der Waals surface area contributed by atoms with Crippen molar-refractivity contribution in [3.63, 3.8) is 0 Å². The SMILES string of the molecule is [CH2-]Cc1cn(C)c2ccc(F)cc12.[Co]. The van der Waals surface area contributed by atoms with Gasteiger partial charge in [-0.3, -0.25) is 0 Å². The summed E-state index contributed by atoms with van der Waals surface area (Å²) in [7, 11) is 1.96. The molecule has 14 heavy (non-hydrogen) atoms. The van der Waals surface area contributed by atoms with Gasteiger partial charge < -0.3 is 11.5 Å². The van der Waals surface area contributed by atoms with Gasteiger partial charge in [0.2, 0.25) is 0 Å². The number of nitrogens with zero attached hydrogens (tertiary/aromatic N) is 1. The minimum atomic E-state index is -0.187. The molecule has 0 N–H and O–H groups in total. The largest absolute Gasteiger partial charge is 0.350 e. The summed E-state index contributed by atoms with van der Waals surface area (Å²) in [6.07, 6.45) is 2.69. The molecule has 0 saturated carbocycles. The second kappa shape index (κ2) is 4.15. The maximum absolute atomic E-state index is 12.9. The number of fused-ring (bicyclic) bond motifs is 1. The third kappa shape index (κ3) is 1.70. The fourth-order valence-corrected chi connectivity index (χ4v) is 1.65. The van der Waals surface area contributed by atoms with E-state index in [-0.39, 0.29) is 22.6 Å². The van der Waals surface area contributed by atoms with Crippen molar-refractivity contribution in [1.82, 2.24) is 4.57 Å². The standard InChI is InChI=1S/C11H11FN.Co/c1-3-8-7-13(2)11-5-4-9(12)6-10(8)11;/h4-7H,1,3H2,2H3;/q-1;. The van der Waals surface area contributed by atoms with Crippen LogP contribution in [0.15, 0.2) is 24.4 Å². The molecule has 0 aliphatic rings. The van der Waals surface area contributed by atoms with E-state index in [1.807, 2.05) is 17.8 Å². The molecule has 1 nitrogen and oxygen atoms in total. The zero-order valence-corrected chi connectivity index (χ0v) is 8.92. The van der Waals surface area contributed by atoms with E-state index in [4.69, 9.17) is 0 Å². The van der Waals surface area contributed by atoms with Gasteiger partial charge in [0.15, 0.2) is 0 Å². The molecule has 3 heteroatoms. The molecule has 2 aromatic rings. The van der Waals surface area contributed by atoms with Crippen LogP contribution in [0.3, 0.4) is 0 Å². The maximum Gasteiger partial charge on any atom is 0.123 e. The van der Waals surface area contributed by atoms with Crippen LogP contribution in [0, 0.1) is 12.7 Å². The first-order chi connectivity index (χ1) is 6.22. The first-order valence-corrected chi connectivity index (χ1v) is 4.25. The Labute approximate surface area is 93.1 Å². The molecule has 0 unspecified atom stereocenters. The van der Waals surface area contributed by atoms with E-state index in [9.17, 15) is 4.39 Å². The van der Waals surface area contributed by atoms with Crippen LogP contribution in [0.5, 0.6) is 0 Å². The Balaban J connectivity index is 0.000000980. The first kappa shape index (κ1) is 11.3. The van der Waals surface area contributed by atoms with Gasteiger partial charge in [-0.15, -0.1) is 0 Å². The molecule has 0 bridgehead atoms. The van der Waals surface area contributed by atoms with Gasteiger partial charge in [0.25, 0.3) is 0 Å². The van der Waals surface area contributed by atoms with Crippen molar-refractivity contribution in [2.45, 2.75) is 6.42 Å². The number of halogens is 1. The van der Waals surface area contributed by atoms with E-state index < -0.39 is 0 Å². The Kier molecular flexibility index (Phi) is 3.34. The molecule has 0 saturated heterocycles. The molecular weight excluding hydrogens is 224 g/mol. The van der Waals surface area contributed by atoms with E-state index in [0.717, 1.165) is 16.5 Å². The topological polar surface area (TPSA) is 4.93 Å². The summed E-state index contributed by atoms with van der Waals surface area (Å²) in [4.78, 5) is 0. The van der Waals surface area contributed by atoms with Crippen molar-refractivity contribution in [1.29, 1.82) is 0 Å². The quantitative estimate of drug-likeness (QED) is 0.670. The maximum atomic E-state index is 12.9. The number of rotatable bonds is 1. The summed E-state index contributed by atoms with van der Waals surface area (Å²) in [6, 6.07) is 4.84. The number of aryl methyl sites for hydroxylation is 1. The minimum absolute atomic E-state index is 0. The molecule has 1 radical (unpaired) electrons. The van der Waals surface area contributed by atoms with Gasteiger partial charge >= 0.3 is 0 Å². The fraction of sp³-hybridized carbons (Fsp3) is 0.182. The molecule has 0 amide bonds. The van der Waals surface area contributed by atoms with E-state index in [1.54, 1.807) is 12.1 Å². The van der Waals surface area contributed by atoms with Crippen LogP contribution in [-0.4, -0.2) is 4.57 Å². The average Bonchev–Trinajstić information content (AvgIpc) is 2.42. The molecule has 0 atom stereocenters. The normalized spacial score (nSPS) is 10.2. The number of benzene rings is 1. The molecule has 0 aliphatic heterocycles. The zero-order chi connectivity index (χ0) is 9.42. The van der Waals surface area contributed by atoms with Crippen LogP contribution in [0.1, 0.15) is 5.56 Å². The summed E-state index contributed by atoms with van der Waals surface area (Å²) >= 11 is 0. The van der Waals surface area contributed by atoms with Crippen molar-refractivity contribution in [3.8, 4) is 0 Å². The van der Waals surface area contributed by atoms with Crippen LogP contribution in [0.2, 0.25) is 0 Å². The summed E-state index contributed by atoms with van der Waals surface area (Å²) in [6.45, 7) is 3.81. The van der Waals surface area contributed by atoms with E-state index in [2.05, 4.69) is 6.92 Å². The number of hydrogen-bond donors (Lipinski definition) is 0. The van der Waals surface area contributed by atoms with E-state index in [1.165, 1.54) is 6.07 Å². The monoisotopic (exact) mass is 235 g/mol. The third-order valence-electron chi connectivity index (χ3n) is 2.30. The van der Waals surface area contributed by atoms with Crippen LogP contribution in [-0.2, 0) is 30.2 Å². The third-order valence-corrected chi connectivity index (χ3v) is 2.30. The van der Waals surface area contributed by atoms with Gasteiger partial charge in [-0.1, -0.05) is 5.56 Å². The summed E-state index contributed by atoms with van der Waals surface area (Å²) in [5.41, 5.74) is 2.15. The van der Waals surface area contributed by atoms with Crippen LogP contribution in [0.25, 0.3) is 10.9 Å². The van der Waals surface area contributed by atoms with Gasteiger partial charge in [-0.2, -0.15) is 6.42 Å². The zero-order valence-electron chi connectivity index (χ0n) is 7.88. The molecule has 1 aromatic carbocycles. The summed E-state index contributed by atoms with van der Waals surface area (Å²) < 4.78 is 14.9. The predicted molar refractivity (Wildman–Crippen MR) is 51.9 cm³/mol. The Morgan fingerprint density at radius 3 is 2.79 bits per heavy atom. The Morgan fingerprint density at radius 1 is 1.43 bits per heavy atom. The minimum Gasteiger partial charge on any atom is -0.350 e. The van der Waals surface area contributed by atoms with Gasteiger partial charge in [0.1, 0.15) is 5.82 Å². The molecule has 0 aliphatic carbocycles. The smallest absolute Gasteiger partial charge is 0.123 e. The number of hydrogen-bond acceptors (Lipinski definition) is 0. The van der Waals surface area contributed by atoms with Gasteiger partial charge in [-0.25, -0.2) is 4.39 Å².